The van der Waals surface area contributed by atoms with Crippen molar-refractivity contribution in [3.05, 3.63) is 11.4 Å². The van der Waals surface area contributed by atoms with E-state index in [9.17, 15) is 0 Å². The molecule has 1 aliphatic carbocycles. The summed E-state index contributed by atoms with van der Waals surface area (Å²) in [6, 6.07) is 0.684. The lowest BCUT2D eigenvalue weighted by Gasteiger charge is -2.39. The summed E-state index contributed by atoms with van der Waals surface area (Å²) in [5.41, 5.74) is 9.20. The van der Waals surface area contributed by atoms with Crippen LogP contribution in [0.1, 0.15) is 30.7 Å². The van der Waals surface area contributed by atoms with E-state index in [1.54, 1.807) is 0 Å². The molecule has 3 N–H and O–H groups in total. The molecule has 1 aromatic rings. The van der Waals surface area contributed by atoms with E-state index in [4.69, 9.17) is 5.73 Å². The highest BCUT2D eigenvalue weighted by Crippen LogP contribution is 2.32. The van der Waals surface area contributed by atoms with Crippen LogP contribution >= 0.6 is 0 Å². The Hall–Kier alpha value is -1.03. The highest BCUT2D eigenvalue weighted by molar-refractivity contribution is 5.55. The van der Waals surface area contributed by atoms with E-state index in [2.05, 4.69) is 28.9 Å². The van der Waals surface area contributed by atoms with Crippen molar-refractivity contribution in [1.82, 2.24) is 10.2 Å². The van der Waals surface area contributed by atoms with Crippen molar-refractivity contribution in [3.8, 4) is 0 Å². The van der Waals surface area contributed by atoms with E-state index in [-0.39, 0.29) is 0 Å². The van der Waals surface area contributed by atoms with Gasteiger partial charge in [0.2, 0.25) is 0 Å². The number of aromatic amines is 1. The van der Waals surface area contributed by atoms with Crippen molar-refractivity contribution < 1.29 is 0 Å². The van der Waals surface area contributed by atoms with Crippen LogP contribution in [-0.2, 0) is 0 Å². The van der Waals surface area contributed by atoms with Crippen LogP contribution < -0.4 is 10.6 Å². The minimum atomic E-state index is 0.684. The summed E-state index contributed by atoms with van der Waals surface area (Å²) < 4.78 is 0. The molecule has 0 spiro atoms. The first-order chi connectivity index (χ1) is 7.24. The average molecular weight is 208 g/mol. The number of H-pyrrole nitrogens is 1. The molecule has 4 heteroatoms. The Morgan fingerprint density at radius 2 is 2.20 bits per heavy atom. The third kappa shape index (κ3) is 1.86. The third-order valence-electron chi connectivity index (χ3n) is 3.26. The van der Waals surface area contributed by atoms with Crippen LogP contribution in [0.4, 0.5) is 5.69 Å². The lowest BCUT2D eigenvalue weighted by atomic mass is 9.91. The Labute approximate surface area is 90.8 Å². The van der Waals surface area contributed by atoms with Crippen molar-refractivity contribution >= 4 is 5.69 Å². The van der Waals surface area contributed by atoms with Crippen LogP contribution in [0.5, 0.6) is 0 Å². The zero-order chi connectivity index (χ0) is 10.8. The van der Waals surface area contributed by atoms with Gasteiger partial charge in [0.15, 0.2) is 0 Å². The lowest BCUT2D eigenvalue weighted by molar-refractivity contribution is 0.387. The van der Waals surface area contributed by atoms with Gasteiger partial charge < -0.3 is 10.6 Å². The predicted octanol–water partition coefficient (Wildman–Crippen LogP) is 1.34. The van der Waals surface area contributed by atoms with Crippen LogP contribution in [0.15, 0.2) is 0 Å². The fraction of sp³-hybridized carbons (Fsp3) is 0.727. The largest absolute Gasteiger partial charge is 0.364 e. The molecule has 2 rings (SSSR count). The van der Waals surface area contributed by atoms with Crippen molar-refractivity contribution in [2.24, 2.45) is 5.73 Å². The van der Waals surface area contributed by atoms with Crippen molar-refractivity contribution in [2.75, 3.05) is 18.0 Å². The summed E-state index contributed by atoms with van der Waals surface area (Å²) in [6.45, 7) is 5.78. The van der Waals surface area contributed by atoms with E-state index in [0.29, 0.717) is 12.6 Å². The highest BCUT2D eigenvalue weighted by Gasteiger charge is 2.27. The number of aromatic nitrogens is 2. The molecule has 4 nitrogen and oxygen atoms in total. The Morgan fingerprint density at radius 1 is 1.47 bits per heavy atom. The molecule has 15 heavy (non-hydrogen) atoms. The van der Waals surface area contributed by atoms with E-state index in [1.165, 1.54) is 24.9 Å². The Morgan fingerprint density at radius 3 is 2.60 bits per heavy atom. The smallest absolute Gasteiger partial charge is 0.0827 e. The topological polar surface area (TPSA) is 57.9 Å². The molecular formula is C11H20N4. The number of nitrogens with zero attached hydrogens (tertiary/aromatic N) is 2. The highest BCUT2D eigenvalue weighted by atomic mass is 15.2. The molecule has 0 bridgehead atoms. The first-order valence-corrected chi connectivity index (χ1v) is 5.72. The van der Waals surface area contributed by atoms with E-state index < -0.39 is 0 Å². The minimum Gasteiger partial charge on any atom is -0.364 e. The molecule has 0 radical (unpaired) electrons. The van der Waals surface area contributed by atoms with Gasteiger partial charge >= 0.3 is 0 Å². The van der Waals surface area contributed by atoms with Gasteiger partial charge in [0.05, 0.1) is 17.1 Å². The zero-order valence-electron chi connectivity index (χ0n) is 9.58. The van der Waals surface area contributed by atoms with Gasteiger partial charge in [-0.15, -0.1) is 0 Å². The molecule has 0 unspecified atom stereocenters. The second-order valence-electron chi connectivity index (χ2n) is 4.35. The van der Waals surface area contributed by atoms with Crippen LogP contribution in [0.3, 0.4) is 0 Å². The van der Waals surface area contributed by atoms with E-state index in [1.807, 2.05) is 0 Å². The number of aryl methyl sites for hydroxylation is 2. The number of hydrogen-bond acceptors (Lipinski definition) is 3. The fourth-order valence-corrected chi connectivity index (χ4v) is 2.28. The van der Waals surface area contributed by atoms with Crippen molar-refractivity contribution in [1.29, 1.82) is 0 Å². The fourth-order valence-electron chi connectivity index (χ4n) is 2.28. The van der Waals surface area contributed by atoms with Gasteiger partial charge in [-0.2, -0.15) is 5.10 Å². The number of nitrogens with two attached hydrogens (primary N) is 1. The first-order valence-electron chi connectivity index (χ1n) is 5.72. The van der Waals surface area contributed by atoms with E-state index >= 15 is 0 Å². The molecule has 0 aromatic carbocycles. The van der Waals surface area contributed by atoms with Gasteiger partial charge in [0, 0.05) is 19.1 Å². The van der Waals surface area contributed by atoms with Crippen LogP contribution in [0, 0.1) is 13.8 Å². The van der Waals surface area contributed by atoms with Gasteiger partial charge in [0.25, 0.3) is 0 Å². The Kier molecular flexibility index (Phi) is 2.95. The molecule has 1 aliphatic rings. The molecule has 1 heterocycles. The number of hydrogen-bond donors (Lipinski definition) is 2. The Bertz CT molecular complexity index is 308. The van der Waals surface area contributed by atoms with Crippen molar-refractivity contribution in [2.45, 2.75) is 39.2 Å². The number of nitrogens with one attached hydrogen (secondary N) is 1. The van der Waals surface area contributed by atoms with Crippen molar-refractivity contribution in [3.63, 3.8) is 0 Å². The van der Waals surface area contributed by atoms with Crippen LogP contribution in [0.2, 0.25) is 0 Å². The van der Waals surface area contributed by atoms with E-state index in [0.717, 1.165) is 17.9 Å². The maximum atomic E-state index is 5.68. The molecule has 0 aliphatic heterocycles. The predicted molar refractivity (Wildman–Crippen MR) is 62.1 cm³/mol. The molecule has 84 valence electrons. The maximum absolute atomic E-state index is 5.68. The summed E-state index contributed by atoms with van der Waals surface area (Å²) in [6.07, 6.45) is 3.94. The summed E-state index contributed by atoms with van der Waals surface area (Å²) in [7, 11) is 0. The number of rotatable bonds is 4. The standard InChI is InChI=1S/C11H20N4/c1-8-11(9(2)14-13-8)15(7-6-12)10-4-3-5-10/h10H,3-7,12H2,1-2H3,(H,13,14). The van der Waals surface area contributed by atoms with Gasteiger partial charge in [-0.1, -0.05) is 0 Å². The molecular weight excluding hydrogens is 188 g/mol. The molecule has 1 saturated carbocycles. The molecule has 0 saturated heterocycles. The SMILES string of the molecule is Cc1n[nH]c(C)c1N(CCN)C1CCC1. The zero-order valence-corrected chi connectivity index (χ0v) is 9.58. The lowest BCUT2D eigenvalue weighted by Crippen LogP contribution is -2.43. The Balaban J connectivity index is 2.22. The summed E-state index contributed by atoms with van der Waals surface area (Å²) in [5, 5.41) is 7.30. The quantitative estimate of drug-likeness (QED) is 0.785. The molecule has 0 atom stereocenters. The van der Waals surface area contributed by atoms with Gasteiger partial charge in [-0.05, 0) is 33.1 Å². The monoisotopic (exact) mass is 208 g/mol. The number of anilines is 1. The van der Waals surface area contributed by atoms with Gasteiger partial charge in [0.1, 0.15) is 0 Å². The summed E-state index contributed by atoms with van der Waals surface area (Å²) in [5.74, 6) is 0. The van der Waals surface area contributed by atoms with Crippen LogP contribution in [0.25, 0.3) is 0 Å². The summed E-state index contributed by atoms with van der Waals surface area (Å²) >= 11 is 0. The first kappa shape index (κ1) is 10.5. The second kappa shape index (κ2) is 4.23. The van der Waals surface area contributed by atoms with Crippen LogP contribution in [-0.4, -0.2) is 29.3 Å². The third-order valence-corrected chi connectivity index (χ3v) is 3.26. The average Bonchev–Trinajstić information content (AvgIpc) is 2.43. The molecule has 1 aromatic heterocycles. The molecule has 0 amide bonds. The minimum absolute atomic E-state index is 0.684. The van der Waals surface area contributed by atoms with Gasteiger partial charge in [-0.25, -0.2) is 0 Å². The maximum Gasteiger partial charge on any atom is 0.0827 e. The van der Waals surface area contributed by atoms with Gasteiger partial charge in [-0.3, -0.25) is 5.10 Å². The normalized spacial score (nSPS) is 16.5. The second-order valence-corrected chi connectivity index (χ2v) is 4.35. The summed E-state index contributed by atoms with van der Waals surface area (Å²) in [4.78, 5) is 2.43. The molecule has 1 fully saturated rings.